The van der Waals surface area contributed by atoms with E-state index in [0.717, 1.165) is 51.4 Å². The average Bonchev–Trinajstić information content (AvgIpc) is 3.36. The molecule has 6 nitrogen and oxygen atoms in total. The van der Waals surface area contributed by atoms with Crippen LogP contribution in [-0.4, -0.2) is 46.7 Å². The molecule has 1 N–H and O–H groups in total. The van der Waals surface area contributed by atoms with E-state index in [4.69, 9.17) is 4.74 Å². The van der Waals surface area contributed by atoms with E-state index in [1.54, 1.807) is 13.8 Å². The quantitative estimate of drug-likeness (QED) is 0.567. The summed E-state index contributed by atoms with van der Waals surface area (Å²) >= 11 is 0. The van der Waals surface area contributed by atoms with Crippen LogP contribution in [0.3, 0.4) is 0 Å². The number of hydrogen-bond donors (Lipinski definition) is 1. The zero-order valence-electron chi connectivity index (χ0n) is 18.2. The summed E-state index contributed by atoms with van der Waals surface area (Å²) in [7, 11) is 1.33. The number of Topliss-reactive ketones (excluding diaryl/α,β-unsaturated/α-hetero) is 1. The molecular formula is C23H34N2O4. The van der Waals surface area contributed by atoms with Crippen LogP contribution in [0.1, 0.15) is 96.8 Å². The first kappa shape index (κ1) is 21.6. The SMILES string of the molecule is COC(=O)c1[nH]c(C)c(C(=O)[C@H](C)N(C(=O)C2CCCC2)C2CCCCC2)c1C. The van der Waals surface area contributed by atoms with Crippen molar-refractivity contribution in [3.05, 3.63) is 22.5 Å². The molecule has 6 heteroatoms. The number of aromatic nitrogens is 1. The Hall–Kier alpha value is -2.11. The number of nitrogens with one attached hydrogen (secondary N) is 1. The molecule has 29 heavy (non-hydrogen) atoms. The lowest BCUT2D eigenvalue weighted by Gasteiger charge is -2.39. The second kappa shape index (κ2) is 9.14. The van der Waals surface area contributed by atoms with Gasteiger partial charge in [0.25, 0.3) is 0 Å². The number of H-pyrrole nitrogens is 1. The van der Waals surface area contributed by atoms with Gasteiger partial charge >= 0.3 is 5.97 Å². The molecule has 1 atom stereocenters. The molecule has 1 amide bonds. The number of aryl methyl sites for hydroxylation is 1. The van der Waals surface area contributed by atoms with Gasteiger partial charge in [-0.15, -0.1) is 0 Å². The Labute approximate surface area is 173 Å². The topological polar surface area (TPSA) is 79.5 Å². The van der Waals surface area contributed by atoms with Gasteiger partial charge in [0, 0.05) is 23.2 Å². The smallest absolute Gasteiger partial charge is 0.354 e. The molecule has 1 aromatic rings. The highest BCUT2D eigenvalue weighted by molar-refractivity contribution is 6.06. The Kier molecular flexibility index (Phi) is 6.81. The number of ether oxygens (including phenoxy) is 1. The van der Waals surface area contributed by atoms with Crippen LogP contribution >= 0.6 is 0 Å². The first-order chi connectivity index (χ1) is 13.9. The third-order valence-electron chi connectivity index (χ3n) is 6.80. The molecule has 3 rings (SSSR count). The minimum atomic E-state index is -0.537. The van der Waals surface area contributed by atoms with Crippen LogP contribution in [0.15, 0.2) is 0 Å². The summed E-state index contributed by atoms with van der Waals surface area (Å²) in [5.41, 5.74) is 2.07. The van der Waals surface area contributed by atoms with Gasteiger partial charge in [-0.2, -0.15) is 0 Å². The van der Waals surface area contributed by atoms with Gasteiger partial charge in [-0.05, 0) is 52.0 Å². The third kappa shape index (κ3) is 4.26. The fourth-order valence-electron chi connectivity index (χ4n) is 5.19. The van der Waals surface area contributed by atoms with Crippen LogP contribution in [0.4, 0.5) is 0 Å². The molecular weight excluding hydrogens is 368 g/mol. The second-order valence-corrected chi connectivity index (χ2v) is 8.68. The van der Waals surface area contributed by atoms with Crippen LogP contribution in [0.2, 0.25) is 0 Å². The molecule has 2 fully saturated rings. The molecule has 2 saturated carbocycles. The van der Waals surface area contributed by atoms with Crippen molar-refractivity contribution in [3.63, 3.8) is 0 Å². The molecule has 0 aliphatic heterocycles. The van der Waals surface area contributed by atoms with Crippen LogP contribution in [0, 0.1) is 19.8 Å². The highest BCUT2D eigenvalue weighted by Crippen LogP contribution is 2.33. The summed E-state index contributed by atoms with van der Waals surface area (Å²) in [5.74, 6) is -0.382. The van der Waals surface area contributed by atoms with Crippen molar-refractivity contribution < 1.29 is 19.1 Å². The molecule has 0 unspecified atom stereocenters. The highest BCUT2D eigenvalue weighted by Gasteiger charge is 2.38. The minimum absolute atomic E-state index is 0.0474. The van der Waals surface area contributed by atoms with Crippen molar-refractivity contribution in [1.29, 1.82) is 0 Å². The number of ketones is 1. The fourth-order valence-corrected chi connectivity index (χ4v) is 5.19. The average molecular weight is 403 g/mol. The summed E-state index contributed by atoms with van der Waals surface area (Å²) < 4.78 is 4.83. The van der Waals surface area contributed by atoms with Crippen molar-refractivity contribution in [2.45, 2.75) is 90.6 Å². The van der Waals surface area contributed by atoms with E-state index < -0.39 is 12.0 Å². The van der Waals surface area contributed by atoms with Gasteiger partial charge in [0.2, 0.25) is 5.91 Å². The first-order valence-corrected chi connectivity index (χ1v) is 11.0. The molecule has 0 saturated heterocycles. The predicted molar refractivity (Wildman–Crippen MR) is 111 cm³/mol. The molecule has 0 bridgehead atoms. The maximum absolute atomic E-state index is 13.5. The Bertz CT molecular complexity index is 770. The predicted octanol–water partition coefficient (Wildman–Crippen LogP) is 4.34. The number of methoxy groups -OCH3 is 1. The largest absolute Gasteiger partial charge is 0.464 e. The van der Waals surface area contributed by atoms with Crippen LogP contribution < -0.4 is 0 Å². The summed E-state index contributed by atoms with van der Waals surface area (Å²) in [4.78, 5) is 43.9. The summed E-state index contributed by atoms with van der Waals surface area (Å²) in [5, 5.41) is 0. The van der Waals surface area contributed by atoms with E-state index in [9.17, 15) is 14.4 Å². The van der Waals surface area contributed by atoms with Crippen molar-refractivity contribution >= 4 is 17.7 Å². The normalized spacial score (nSPS) is 19.2. The van der Waals surface area contributed by atoms with Gasteiger partial charge in [-0.3, -0.25) is 9.59 Å². The van der Waals surface area contributed by atoms with Crippen LogP contribution in [-0.2, 0) is 9.53 Å². The van der Waals surface area contributed by atoms with Crippen molar-refractivity contribution in [1.82, 2.24) is 9.88 Å². The molecule has 0 aromatic carbocycles. The van der Waals surface area contributed by atoms with E-state index in [2.05, 4.69) is 4.98 Å². The molecule has 0 radical (unpaired) electrons. The molecule has 1 aromatic heterocycles. The summed E-state index contributed by atoms with van der Waals surface area (Å²) in [6.07, 6.45) is 9.39. The monoisotopic (exact) mass is 402 g/mol. The van der Waals surface area contributed by atoms with Gasteiger partial charge < -0.3 is 14.6 Å². The number of esters is 1. The van der Waals surface area contributed by atoms with Gasteiger partial charge in [0.1, 0.15) is 5.69 Å². The number of nitrogens with zero attached hydrogens (tertiary/aromatic N) is 1. The molecule has 1 heterocycles. The van der Waals surface area contributed by atoms with Crippen molar-refractivity contribution in [2.75, 3.05) is 7.11 Å². The van der Waals surface area contributed by atoms with Gasteiger partial charge in [0.05, 0.1) is 13.2 Å². The van der Waals surface area contributed by atoms with Gasteiger partial charge in [0.15, 0.2) is 5.78 Å². The number of aromatic amines is 1. The zero-order valence-corrected chi connectivity index (χ0v) is 18.2. The standard InChI is InChI=1S/C23H34N2O4/c1-14-19(15(2)24-20(14)23(28)29-4)21(26)16(3)25(18-12-6-5-7-13-18)22(27)17-10-8-9-11-17/h16-18,24H,5-13H2,1-4H3/t16-/m0/s1. The Morgan fingerprint density at radius 3 is 2.17 bits per heavy atom. The lowest BCUT2D eigenvalue weighted by Crippen LogP contribution is -2.52. The number of carbonyl (C=O) groups excluding carboxylic acids is 3. The lowest BCUT2D eigenvalue weighted by atomic mass is 9.90. The van der Waals surface area contributed by atoms with Crippen molar-refractivity contribution in [3.8, 4) is 0 Å². The van der Waals surface area contributed by atoms with E-state index in [1.165, 1.54) is 13.5 Å². The maximum Gasteiger partial charge on any atom is 0.354 e. The van der Waals surface area contributed by atoms with Gasteiger partial charge in [-0.1, -0.05) is 32.1 Å². The molecule has 0 spiro atoms. The molecule has 160 valence electrons. The van der Waals surface area contributed by atoms with E-state index in [0.29, 0.717) is 22.5 Å². The molecule has 2 aliphatic carbocycles. The number of carbonyl (C=O) groups is 3. The first-order valence-electron chi connectivity index (χ1n) is 11.0. The van der Waals surface area contributed by atoms with E-state index in [-0.39, 0.29) is 23.7 Å². The highest BCUT2D eigenvalue weighted by atomic mass is 16.5. The number of rotatable bonds is 6. The number of amides is 1. The Balaban J connectivity index is 1.91. The second-order valence-electron chi connectivity index (χ2n) is 8.68. The lowest BCUT2D eigenvalue weighted by molar-refractivity contribution is -0.140. The van der Waals surface area contributed by atoms with E-state index >= 15 is 0 Å². The van der Waals surface area contributed by atoms with Gasteiger partial charge in [-0.25, -0.2) is 4.79 Å². The third-order valence-corrected chi connectivity index (χ3v) is 6.80. The Morgan fingerprint density at radius 1 is 1.00 bits per heavy atom. The van der Waals surface area contributed by atoms with E-state index in [1.807, 2.05) is 11.8 Å². The zero-order chi connectivity index (χ0) is 21.1. The Morgan fingerprint density at radius 2 is 1.59 bits per heavy atom. The van der Waals surface area contributed by atoms with Crippen LogP contribution in [0.25, 0.3) is 0 Å². The summed E-state index contributed by atoms with van der Waals surface area (Å²) in [6, 6.07) is -0.402. The maximum atomic E-state index is 13.5. The van der Waals surface area contributed by atoms with Crippen LogP contribution in [0.5, 0.6) is 0 Å². The minimum Gasteiger partial charge on any atom is -0.464 e. The van der Waals surface area contributed by atoms with Crippen molar-refractivity contribution in [2.24, 2.45) is 5.92 Å². The fraction of sp³-hybridized carbons (Fsp3) is 0.696. The molecule has 2 aliphatic rings. The summed E-state index contributed by atoms with van der Waals surface area (Å²) in [6.45, 7) is 5.41. The number of hydrogen-bond acceptors (Lipinski definition) is 4.